The summed E-state index contributed by atoms with van der Waals surface area (Å²) in [6.45, 7) is 0.143. The van der Waals surface area contributed by atoms with Crippen molar-refractivity contribution >= 4 is 11.9 Å². The van der Waals surface area contributed by atoms with Gasteiger partial charge in [-0.2, -0.15) is 0 Å². The molecule has 1 aliphatic rings. The summed E-state index contributed by atoms with van der Waals surface area (Å²) < 4.78 is 13.3. The lowest BCUT2D eigenvalue weighted by atomic mass is 9.80. The minimum absolute atomic E-state index is 0.143. The van der Waals surface area contributed by atoms with Gasteiger partial charge in [-0.1, -0.05) is 30.3 Å². The summed E-state index contributed by atoms with van der Waals surface area (Å²) in [6, 6.07) is 15.1. The van der Waals surface area contributed by atoms with Gasteiger partial charge in [0.15, 0.2) is 0 Å². The van der Waals surface area contributed by atoms with Crippen LogP contribution in [-0.2, 0) is 11.3 Å². The fourth-order valence-electron chi connectivity index (χ4n) is 3.74. The Bertz CT molecular complexity index is 1020. The fourth-order valence-corrected chi connectivity index (χ4v) is 3.74. The SMILES string of the molecule is O=C([O-])[C@@H]1c2ccccc2C(=O)N(Cc2ccc(F)cc2)[C@H]1c1ccncc1. The summed E-state index contributed by atoms with van der Waals surface area (Å²) in [7, 11) is 0. The van der Waals surface area contributed by atoms with Crippen molar-refractivity contribution in [2.24, 2.45) is 0 Å². The molecule has 4 rings (SSSR count). The zero-order valence-electron chi connectivity index (χ0n) is 14.8. The molecule has 0 unspecified atom stereocenters. The van der Waals surface area contributed by atoms with E-state index in [9.17, 15) is 19.1 Å². The first-order valence-corrected chi connectivity index (χ1v) is 8.81. The van der Waals surface area contributed by atoms with E-state index in [1.165, 1.54) is 17.0 Å². The zero-order valence-corrected chi connectivity index (χ0v) is 14.8. The summed E-state index contributed by atoms with van der Waals surface area (Å²) in [5, 5.41) is 12.1. The van der Waals surface area contributed by atoms with E-state index in [0.717, 1.165) is 0 Å². The number of carbonyl (C=O) groups is 2. The van der Waals surface area contributed by atoms with Crippen molar-refractivity contribution in [3.05, 3.63) is 101 Å². The van der Waals surface area contributed by atoms with Gasteiger partial charge in [0.1, 0.15) is 5.82 Å². The number of pyridine rings is 1. The third-order valence-electron chi connectivity index (χ3n) is 5.01. The fraction of sp³-hybridized carbons (Fsp3) is 0.136. The third-order valence-corrected chi connectivity index (χ3v) is 5.01. The minimum Gasteiger partial charge on any atom is -0.549 e. The summed E-state index contributed by atoms with van der Waals surface area (Å²) >= 11 is 0. The van der Waals surface area contributed by atoms with Gasteiger partial charge < -0.3 is 14.8 Å². The Morgan fingerprint density at radius 3 is 2.39 bits per heavy atom. The van der Waals surface area contributed by atoms with Crippen LogP contribution < -0.4 is 5.11 Å². The van der Waals surface area contributed by atoms with E-state index in [1.54, 1.807) is 60.9 Å². The third kappa shape index (κ3) is 3.13. The highest BCUT2D eigenvalue weighted by atomic mass is 19.1. The smallest absolute Gasteiger partial charge is 0.255 e. The van der Waals surface area contributed by atoms with Crippen LogP contribution in [0.4, 0.5) is 4.39 Å². The predicted molar refractivity (Wildman–Crippen MR) is 97.4 cm³/mol. The molecule has 0 radical (unpaired) electrons. The number of nitrogens with zero attached hydrogens (tertiary/aromatic N) is 2. The predicted octanol–water partition coefficient (Wildman–Crippen LogP) is 2.45. The molecular formula is C22H16FN2O3-. The highest BCUT2D eigenvalue weighted by Crippen LogP contribution is 2.42. The molecule has 2 aromatic carbocycles. The van der Waals surface area contributed by atoms with E-state index < -0.39 is 17.9 Å². The zero-order chi connectivity index (χ0) is 19.7. The second-order valence-corrected chi connectivity index (χ2v) is 6.67. The molecule has 0 aliphatic carbocycles. The van der Waals surface area contributed by atoms with Crippen molar-refractivity contribution in [3.63, 3.8) is 0 Å². The van der Waals surface area contributed by atoms with Crippen LogP contribution in [0.2, 0.25) is 0 Å². The summed E-state index contributed by atoms with van der Waals surface area (Å²) in [6.07, 6.45) is 3.12. The number of hydrogen-bond acceptors (Lipinski definition) is 4. The molecule has 0 saturated carbocycles. The highest BCUT2D eigenvalue weighted by molar-refractivity contribution is 6.00. The second-order valence-electron chi connectivity index (χ2n) is 6.67. The van der Waals surface area contributed by atoms with Gasteiger partial charge in [-0.25, -0.2) is 4.39 Å². The standard InChI is InChI=1S/C22H17FN2O3/c23-16-7-5-14(6-8-16)13-25-20(15-9-11-24-12-10-15)19(22(27)28)17-3-1-2-4-18(17)21(25)26/h1-12,19-20H,13H2,(H,27,28)/p-1/t19-,20+/m1/s1. The molecule has 1 aliphatic heterocycles. The first kappa shape index (κ1) is 17.9. The van der Waals surface area contributed by atoms with Crippen LogP contribution in [0.5, 0.6) is 0 Å². The number of hydrogen-bond donors (Lipinski definition) is 0. The van der Waals surface area contributed by atoms with Crippen molar-refractivity contribution in [1.82, 2.24) is 9.88 Å². The lowest BCUT2D eigenvalue weighted by Gasteiger charge is -2.43. The Morgan fingerprint density at radius 2 is 1.71 bits per heavy atom. The Kier molecular flexibility index (Phi) is 4.61. The number of halogens is 1. The molecule has 0 saturated heterocycles. The molecule has 0 N–H and O–H groups in total. The van der Waals surface area contributed by atoms with Crippen molar-refractivity contribution in [1.29, 1.82) is 0 Å². The molecule has 5 nitrogen and oxygen atoms in total. The molecule has 140 valence electrons. The van der Waals surface area contributed by atoms with Gasteiger partial charge in [0.25, 0.3) is 5.91 Å². The van der Waals surface area contributed by atoms with Gasteiger partial charge >= 0.3 is 0 Å². The molecule has 28 heavy (non-hydrogen) atoms. The molecule has 0 fully saturated rings. The highest BCUT2D eigenvalue weighted by Gasteiger charge is 2.41. The van der Waals surface area contributed by atoms with E-state index in [-0.39, 0.29) is 18.3 Å². The minimum atomic E-state index is -1.26. The quantitative estimate of drug-likeness (QED) is 0.702. The molecule has 2 atom stereocenters. The van der Waals surface area contributed by atoms with Crippen molar-refractivity contribution in [2.75, 3.05) is 0 Å². The van der Waals surface area contributed by atoms with E-state index in [2.05, 4.69) is 4.98 Å². The normalized spacial score (nSPS) is 18.6. The van der Waals surface area contributed by atoms with Gasteiger partial charge in [-0.15, -0.1) is 0 Å². The number of aromatic nitrogens is 1. The van der Waals surface area contributed by atoms with Crippen LogP contribution in [0.1, 0.15) is 39.0 Å². The number of fused-ring (bicyclic) bond motifs is 1. The monoisotopic (exact) mass is 375 g/mol. The van der Waals surface area contributed by atoms with E-state index >= 15 is 0 Å². The molecule has 3 aromatic rings. The van der Waals surface area contributed by atoms with Gasteiger partial charge in [0, 0.05) is 30.4 Å². The maximum Gasteiger partial charge on any atom is 0.255 e. The topological polar surface area (TPSA) is 73.3 Å². The lowest BCUT2D eigenvalue weighted by Crippen LogP contribution is -2.47. The molecular weight excluding hydrogens is 359 g/mol. The van der Waals surface area contributed by atoms with Crippen LogP contribution in [-0.4, -0.2) is 21.8 Å². The molecule has 0 spiro atoms. The number of carboxylic acids is 1. The Hall–Kier alpha value is -3.54. The summed E-state index contributed by atoms with van der Waals surface area (Å²) in [5.41, 5.74) is 2.12. The maximum absolute atomic E-state index is 13.3. The second kappa shape index (κ2) is 7.23. The average Bonchev–Trinajstić information content (AvgIpc) is 2.71. The Labute approximate surface area is 161 Å². The van der Waals surface area contributed by atoms with Crippen molar-refractivity contribution in [3.8, 4) is 0 Å². The van der Waals surface area contributed by atoms with E-state index in [0.29, 0.717) is 22.3 Å². The van der Waals surface area contributed by atoms with E-state index in [1.807, 2.05) is 0 Å². The summed E-state index contributed by atoms with van der Waals surface area (Å²) in [5.74, 6) is -2.95. The largest absolute Gasteiger partial charge is 0.549 e. The number of carboxylic acid groups (broad SMARTS) is 1. The van der Waals surface area contributed by atoms with Crippen LogP contribution in [0.15, 0.2) is 73.1 Å². The van der Waals surface area contributed by atoms with Crippen LogP contribution in [0.3, 0.4) is 0 Å². The molecule has 1 aromatic heterocycles. The molecule has 0 bridgehead atoms. The number of benzene rings is 2. The van der Waals surface area contributed by atoms with Crippen LogP contribution in [0, 0.1) is 5.82 Å². The Balaban J connectivity index is 1.86. The van der Waals surface area contributed by atoms with Crippen LogP contribution in [0.25, 0.3) is 0 Å². The van der Waals surface area contributed by atoms with Crippen LogP contribution >= 0.6 is 0 Å². The average molecular weight is 375 g/mol. The van der Waals surface area contributed by atoms with Crippen molar-refractivity contribution in [2.45, 2.75) is 18.5 Å². The molecule has 1 amide bonds. The van der Waals surface area contributed by atoms with Gasteiger partial charge in [-0.05, 0) is 47.0 Å². The summed E-state index contributed by atoms with van der Waals surface area (Å²) in [4.78, 5) is 30.9. The Morgan fingerprint density at radius 1 is 1.04 bits per heavy atom. The number of carbonyl (C=O) groups excluding carboxylic acids is 2. The maximum atomic E-state index is 13.3. The first-order chi connectivity index (χ1) is 13.6. The van der Waals surface area contributed by atoms with E-state index in [4.69, 9.17) is 0 Å². The number of rotatable bonds is 4. The first-order valence-electron chi connectivity index (χ1n) is 8.81. The van der Waals surface area contributed by atoms with Gasteiger partial charge in [0.2, 0.25) is 0 Å². The van der Waals surface area contributed by atoms with Gasteiger partial charge in [0.05, 0.1) is 12.0 Å². The lowest BCUT2D eigenvalue weighted by molar-refractivity contribution is -0.309. The number of aliphatic carboxylic acids is 1. The number of amides is 1. The molecule has 6 heteroatoms. The van der Waals surface area contributed by atoms with Gasteiger partial charge in [-0.3, -0.25) is 9.78 Å². The van der Waals surface area contributed by atoms with Crippen molar-refractivity contribution < 1.29 is 19.1 Å². The molecule has 2 heterocycles.